The summed E-state index contributed by atoms with van der Waals surface area (Å²) in [5, 5.41) is 2.97. The maximum absolute atomic E-state index is 12.2. The Morgan fingerprint density at radius 1 is 1.23 bits per heavy atom. The van der Waals surface area contributed by atoms with Crippen LogP contribution in [0.25, 0.3) is 0 Å². The Morgan fingerprint density at radius 2 is 1.91 bits per heavy atom. The zero-order valence-electron chi connectivity index (χ0n) is 13.8. The Hall–Kier alpha value is -2.10. The molecule has 1 amide bonds. The number of carbonyl (C=O) groups is 1. The van der Waals surface area contributed by atoms with E-state index in [1.807, 2.05) is 32.0 Å². The maximum Gasteiger partial charge on any atom is 0.220 e. The molecule has 1 aromatic heterocycles. The van der Waals surface area contributed by atoms with Crippen LogP contribution < -0.4 is 5.32 Å². The topological polar surface area (TPSA) is 55.1 Å². The van der Waals surface area contributed by atoms with Crippen LogP contribution in [0.4, 0.5) is 0 Å². The van der Waals surface area contributed by atoms with Gasteiger partial charge < -0.3 is 9.73 Å². The number of hydrogen-bond donors (Lipinski definition) is 1. The van der Waals surface area contributed by atoms with E-state index in [1.165, 1.54) is 5.56 Å². The third-order valence-corrected chi connectivity index (χ3v) is 3.84. The second-order valence-electron chi connectivity index (χ2n) is 6.26. The number of amides is 1. The van der Waals surface area contributed by atoms with Crippen LogP contribution in [0.3, 0.4) is 0 Å². The van der Waals surface area contributed by atoms with Gasteiger partial charge in [0.15, 0.2) is 5.89 Å². The van der Waals surface area contributed by atoms with Crippen LogP contribution in [0.15, 0.2) is 34.7 Å². The quantitative estimate of drug-likeness (QED) is 0.890. The van der Waals surface area contributed by atoms with Crippen LogP contribution in [-0.2, 0) is 16.6 Å². The summed E-state index contributed by atoms with van der Waals surface area (Å²) in [6.07, 6.45) is 1.16. The number of oxazole rings is 1. The van der Waals surface area contributed by atoms with Gasteiger partial charge in [0, 0.05) is 26.3 Å². The van der Waals surface area contributed by atoms with Crippen molar-refractivity contribution in [3.63, 3.8) is 0 Å². The summed E-state index contributed by atoms with van der Waals surface area (Å²) in [4.78, 5) is 16.5. The molecule has 0 saturated carbocycles. The molecule has 0 unspecified atom stereocenters. The van der Waals surface area contributed by atoms with E-state index in [9.17, 15) is 4.79 Å². The fourth-order valence-electron chi connectivity index (χ4n) is 2.58. The van der Waals surface area contributed by atoms with Crippen molar-refractivity contribution in [3.05, 3.63) is 53.2 Å². The van der Waals surface area contributed by atoms with Gasteiger partial charge in [0.25, 0.3) is 0 Å². The molecule has 0 aliphatic rings. The average Bonchev–Trinajstić information content (AvgIpc) is 2.77. The molecule has 1 heterocycles. The minimum Gasteiger partial charge on any atom is -0.446 e. The lowest BCUT2D eigenvalue weighted by Crippen LogP contribution is -2.32. The van der Waals surface area contributed by atoms with Gasteiger partial charge in [-0.25, -0.2) is 4.98 Å². The van der Waals surface area contributed by atoms with Gasteiger partial charge in [0.1, 0.15) is 5.76 Å². The number of nitrogens with zero attached hydrogens (tertiary/aromatic N) is 1. The van der Waals surface area contributed by atoms with Gasteiger partial charge >= 0.3 is 0 Å². The van der Waals surface area contributed by atoms with Gasteiger partial charge in [0.2, 0.25) is 5.91 Å². The first-order valence-electron chi connectivity index (χ1n) is 7.63. The van der Waals surface area contributed by atoms with Crippen LogP contribution >= 0.6 is 0 Å². The smallest absolute Gasteiger partial charge is 0.220 e. The third kappa shape index (κ3) is 4.20. The van der Waals surface area contributed by atoms with Gasteiger partial charge in [-0.1, -0.05) is 44.2 Å². The summed E-state index contributed by atoms with van der Waals surface area (Å²) in [6, 6.07) is 10.1. The summed E-state index contributed by atoms with van der Waals surface area (Å²) in [7, 11) is 0. The molecule has 1 aromatic carbocycles. The summed E-state index contributed by atoms with van der Waals surface area (Å²) in [6.45, 7) is 8.49. The first kappa shape index (κ1) is 16.3. The van der Waals surface area contributed by atoms with Crippen LogP contribution in [0.5, 0.6) is 0 Å². The Balaban J connectivity index is 1.84. The largest absolute Gasteiger partial charge is 0.446 e. The van der Waals surface area contributed by atoms with Gasteiger partial charge in [0.05, 0.1) is 5.69 Å². The Kier molecular flexibility index (Phi) is 5.01. The zero-order chi connectivity index (χ0) is 16.2. The highest BCUT2D eigenvalue weighted by atomic mass is 16.4. The van der Waals surface area contributed by atoms with Gasteiger partial charge in [-0.2, -0.15) is 0 Å². The number of aryl methyl sites for hydroxylation is 2. The van der Waals surface area contributed by atoms with E-state index in [0.717, 1.165) is 11.5 Å². The molecule has 22 heavy (non-hydrogen) atoms. The Morgan fingerprint density at radius 3 is 2.50 bits per heavy atom. The molecule has 1 N–H and O–H groups in total. The molecule has 2 aromatic rings. The number of rotatable bonds is 6. The molecule has 0 aliphatic heterocycles. The second kappa shape index (κ2) is 6.77. The highest BCUT2D eigenvalue weighted by Gasteiger charge is 2.23. The van der Waals surface area contributed by atoms with Gasteiger partial charge in [-0.05, 0) is 17.9 Å². The van der Waals surface area contributed by atoms with E-state index in [0.29, 0.717) is 25.3 Å². The van der Waals surface area contributed by atoms with Crippen molar-refractivity contribution < 1.29 is 9.21 Å². The first-order chi connectivity index (χ1) is 10.4. The molecular weight excluding hydrogens is 276 g/mol. The lowest BCUT2D eigenvalue weighted by molar-refractivity contribution is -0.122. The molecule has 0 saturated heterocycles. The molecule has 4 nitrogen and oxygen atoms in total. The minimum absolute atomic E-state index is 0.0618. The fraction of sp³-hybridized carbons (Fsp3) is 0.444. The van der Waals surface area contributed by atoms with Crippen molar-refractivity contribution in [2.75, 3.05) is 6.54 Å². The monoisotopic (exact) mass is 300 g/mol. The molecule has 2 rings (SSSR count). The summed E-state index contributed by atoms with van der Waals surface area (Å²) >= 11 is 0. The van der Waals surface area contributed by atoms with Crippen LogP contribution in [-0.4, -0.2) is 17.4 Å². The SMILES string of the molecule is Cc1nc(CCNC(=O)CC(C)(C)c2ccccc2)c(C)o1. The molecule has 118 valence electrons. The minimum atomic E-state index is -0.175. The van der Waals surface area contributed by atoms with Crippen LogP contribution in [0, 0.1) is 13.8 Å². The van der Waals surface area contributed by atoms with E-state index < -0.39 is 0 Å². The van der Waals surface area contributed by atoms with E-state index in [-0.39, 0.29) is 11.3 Å². The van der Waals surface area contributed by atoms with Crippen molar-refractivity contribution in [1.82, 2.24) is 10.3 Å². The van der Waals surface area contributed by atoms with Gasteiger partial charge in [-0.3, -0.25) is 4.79 Å². The standard InChI is InChI=1S/C18H24N2O2/c1-13-16(20-14(2)22-13)10-11-19-17(21)12-18(3,4)15-8-6-5-7-9-15/h5-9H,10-12H2,1-4H3,(H,19,21). The fourth-order valence-corrected chi connectivity index (χ4v) is 2.58. The maximum atomic E-state index is 12.2. The van der Waals surface area contributed by atoms with Crippen LogP contribution in [0.2, 0.25) is 0 Å². The van der Waals surface area contributed by atoms with Crippen LogP contribution in [0.1, 0.15) is 43.2 Å². The number of benzene rings is 1. The zero-order valence-corrected chi connectivity index (χ0v) is 13.8. The highest BCUT2D eigenvalue weighted by molar-refractivity contribution is 5.77. The normalized spacial score (nSPS) is 11.5. The lowest BCUT2D eigenvalue weighted by Gasteiger charge is -2.24. The van der Waals surface area contributed by atoms with E-state index in [4.69, 9.17) is 4.42 Å². The average molecular weight is 300 g/mol. The lowest BCUT2D eigenvalue weighted by atomic mass is 9.81. The molecule has 0 fully saturated rings. The Labute approximate surface area is 131 Å². The molecule has 4 heteroatoms. The van der Waals surface area contributed by atoms with Crippen molar-refractivity contribution >= 4 is 5.91 Å². The first-order valence-corrected chi connectivity index (χ1v) is 7.63. The number of carbonyl (C=O) groups excluding carboxylic acids is 1. The summed E-state index contributed by atoms with van der Waals surface area (Å²) in [5.41, 5.74) is 1.92. The summed E-state index contributed by atoms with van der Waals surface area (Å²) in [5.74, 6) is 1.56. The van der Waals surface area contributed by atoms with Crippen molar-refractivity contribution in [2.45, 2.75) is 46.0 Å². The van der Waals surface area contributed by atoms with E-state index in [2.05, 4.69) is 36.3 Å². The highest BCUT2D eigenvalue weighted by Crippen LogP contribution is 2.26. The molecule has 0 atom stereocenters. The third-order valence-electron chi connectivity index (χ3n) is 3.84. The molecular formula is C18H24N2O2. The molecule has 0 aliphatic carbocycles. The number of aromatic nitrogens is 1. The van der Waals surface area contributed by atoms with Crippen molar-refractivity contribution in [2.24, 2.45) is 0 Å². The summed E-state index contributed by atoms with van der Waals surface area (Å²) < 4.78 is 5.39. The van der Waals surface area contributed by atoms with E-state index >= 15 is 0 Å². The van der Waals surface area contributed by atoms with E-state index in [1.54, 1.807) is 0 Å². The van der Waals surface area contributed by atoms with Crippen molar-refractivity contribution in [1.29, 1.82) is 0 Å². The Bertz CT molecular complexity index is 630. The van der Waals surface area contributed by atoms with Crippen molar-refractivity contribution in [3.8, 4) is 0 Å². The predicted octanol–water partition coefficient (Wildman–Crippen LogP) is 3.32. The molecule has 0 bridgehead atoms. The predicted molar refractivity (Wildman–Crippen MR) is 86.8 cm³/mol. The van der Waals surface area contributed by atoms with Gasteiger partial charge in [-0.15, -0.1) is 0 Å². The molecule has 0 radical (unpaired) electrons. The second-order valence-corrected chi connectivity index (χ2v) is 6.26. The molecule has 0 spiro atoms. The number of nitrogens with one attached hydrogen (secondary N) is 1. The number of hydrogen-bond acceptors (Lipinski definition) is 3.